The SMILES string of the molecule is [2H]c1ccc2c(c1)=c1cc([2H])ccc1=c1ccccc1=c1ccccc1=2. The summed E-state index contributed by atoms with van der Waals surface area (Å²) in [7, 11) is 0. The van der Waals surface area contributed by atoms with Crippen LogP contribution in [0.4, 0.5) is 0 Å². The monoisotopic (exact) mass is 306 g/mol. The van der Waals surface area contributed by atoms with Crippen LogP contribution in [-0.2, 0) is 0 Å². The Hall–Kier alpha value is -3.12. The Balaban J connectivity index is 2.44. The van der Waals surface area contributed by atoms with Crippen molar-refractivity contribution in [2.45, 2.75) is 0 Å². The molecule has 0 heteroatoms. The first kappa shape index (κ1) is 11.4. The number of hydrogen-bond donors (Lipinski definition) is 0. The van der Waals surface area contributed by atoms with Crippen molar-refractivity contribution >= 4 is 0 Å². The van der Waals surface area contributed by atoms with Gasteiger partial charge in [0.05, 0.1) is 2.74 Å². The average Bonchev–Trinajstić information content (AvgIpc) is 2.67. The minimum absolute atomic E-state index is 0.483. The third kappa shape index (κ3) is 1.87. The first-order valence-corrected chi connectivity index (χ1v) is 8.13. The maximum atomic E-state index is 8.14. The van der Waals surface area contributed by atoms with Gasteiger partial charge in [-0.3, -0.25) is 0 Å². The summed E-state index contributed by atoms with van der Waals surface area (Å²) in [5.74, 6) is 0. The molecule has 0 spiro atoms. The number of benzene rings is 4. The Morgan fingerprint density at radius 1 is 0.333 bits per heavy atom. The Morgan fingerprint density at radius 2 is 0.583 bits per heavy atom. The molecule has 0 amide bonds. The van der Waals surface area contributed by atoms with E-state index in [1.165, 1.54) is 10.4 Å². The van der Waals surface area contributed by atoms with Gasteiger partial charge in [-0.15, -0.1) is 0 Å². The molecule has 0 bridgehead atoms. The maximum absolute atomic E-state index is 8.14. The quantitative estimate of drug-likeness (QED) is 0.371. The van der Waals surface area contributed by atoms with Crippen LogP contribution in [0.25, 0.3) is 0 Å². The van der Waals surface area contributed by atoms with Crippen LogP contribution in [-0.4, -0.2) is 0 Å². The lowest BCUT2D eigenvalue weighted by Crippen LogP contribution is -1.88. The number of fused-ring (bicyclic) bond motifs is 4. The van der Waals surface area contributed by atoms with Crippen LogP contribution in [0.5, 0.6) is 0 Å². The molecule has 24 heavy (non-hydrogen) atoms. The smallest absolute Gasteiger partial charge is 0.0616 e. The van der Waals surface area contributed by atoms with Gasteiger partial charge in [-0.1, -0.05) is 97.0 Å². The number of rotatable bonds is 0. The molecule has 1 aliphatic rings. The van der Waals surface area contributed by atoms with E-state index < -0.39 is 0 Å². The maximum Gasteiger partial charge on any atom is 0.0623 e. The van der Waals surface area contributed by atoms with E-state index in [-0.39, 0.29) is 0 Å². The van der Waals surface area contributed by atoms with E-state index in [0.717, 1.165) is 31.3 Å². The van der Waals surface area contributed by atoms with Crippen LogP contribution in [0.3, 0.4) is 0 Å². The van der Waals surface area contributed by atoms with Gasteiger partial charge in [-0.05, 0) is 41.7 Å². The van der Waals surface area contributed by atoms with Crippen LogP contribution in [0.15, 0.2) is 97.0 Å². The van der Waals surface area contributed by atoms with Crippen molar-refractivity contribution in [2.24, 2.45) is 0 Å². The largest absolute Gasteiger partial charge is 0.0623 e. The molecule has 0 fully saturated rings. The second kappa shape index (κ2) is 5.21. The van der Waals surface area contributed by atoms with Crippen molar-refractivity contribution in [1.29, 1.82) is 0 Å². The highest BCUT2D eigenvalue weighted by Gasteiger charge is 1.98. The minimum atomic E-state index is 0.483. The van der Waals surface area contributed by atoms with Gasteiger partial charge in [-0.2, -0.15) is 0 Å². The van der Waals surface area contributed by atoms with Gasteiger partial charge in [0.25, 0.3) is 0 Å². The summed E-state index contributed by atoms with van der Waals surface area (Å²) in [6, 6.07) is 29.4. The van der Waals surface area contributed by atoms with Gasteiger partial charge in [0.2, 0.25) is 0 Å². The molecule has 0 radical (unpaired) electrons. The van der Waals surface area contributed by atoms with Crippen molar-refractivity contribution in [1.82, 2.24) is 0 Å². The van der Waals surface area contributed by atoms with E-state index in [1.54, 1.807) is 0 Å². The Labute approximate surface area is 142 Å². The van der Waals surface area contributed by atoms with Crippen LogP contribution in [0.1, 0.15) is 2.74 Å². The van der Waals surface area contributed by atoms with Crippen molar-refractivity contribution in [2.75, 3.05) is 0 Å². The fraction of sp³-hybridized carbons (Fsp3) is 0. The summed E-state index contributed by atoms with van der Waals surface area (Å²) < 4.78 is 16.3. The molecule has 0 heterocycles. The Kier molecular flexibility index (Phi) is 2.48. The Bertz CT molecular complexity index is 1440. The lowest BCUT2D eigenvalue weighted by atomic mass is 10.0. The second-order valence-corrected chi connectivity index (χ2v) is 6.03. The molecular formula is C24H16. The van der Waals surface area contributed by atoms with Crippen LogP contribution < -0.4 is 0 Å². The van der Waals surface area contributed by atoms with E-state index in [1.807, 2.05) is 36.4 Å². The topological polar surface area (TPSA) is 0 Å². The lowest BCUT2D eigenvalue weighted by Gasteiger charge is -2.02. The summed E-state index contributed by atoms with van der Waals surface area (Å²) in [6.45, 7) is 0. The van der Waals surface area contributed by atoms with Crippen molar-refractivity contribution < 1.29 is 2.74 Å². The predicted octanol–water partition coefficient (Wildman–Crippen LogP) is 5.15. The van der Waals surface area contributed by atoms with E-state index >= 15 is 0 Å². The fourth-order valence-electron chi connectivity index (χ4n) is 3.68. The summed E-state index contributed by atoms with van der Waals surface area (Å²) in [5.41, 5.74) is 0. The highest BCUT2D eigenvalue weighted by molar-refractivity contribution is 5.29. The van der Waals surface area contributed by atoms with Crippen molar-refractivity contribution in [3.05, 3.63) is 139 Å². The molecule has 112 valence electrons. The van der Waals surface area contributed by atoms with Gasteiger partial charge in [0.15, 0.2) is 0 Å². The lowest BCUT2D eigenvalue weighted by molar-refractivity contribution is 1.29. The number of hydrogen-bond acceptors (Lipinski definition) is 0. The molecule has 0 atom stereocenters. The van der Waals surface area contributed by atoms with E-state index in [2.05, 4.69) is 48.5 Å². The predicted molar refractivity (Wildman–Crippen MR) is 96.5 cm³/mol. The van der Waals surface area contributed by atoms with Crippen LogP contribution in [0.2, 0.25) is 0 Å². The summed E-state index contributed by atoms with van der Waals surface area (Å²) >= 11 is 0. The highest BCUT2D eigenvalue weighted by atomic mass is 14.0. The minimum Gasteiger partial charge on any atom is -0.0616 e. The normalized spacial score (nSPS) is 12.5. The van der Waals surface area contributed by atoms with Crippen LogP contribution in [0, 0.1) is 41.7 Å². The molecule has 1 aliphatic carbocycles. The molecule has 0 aromatic heterocycles. The summed E-state index contributed by atoms with van der Waals surface area (Å²) in [5, 5.41) is 8.97. The first-order chi connectivity index (χ1) is 12.7. The molecule has 0 saturated heterocycles. The third-order valence-electron chi connectivity index (χ3n) is 4.74. The van der Waals surface area contributed by atoms with Gasteiger partial charge in [-0.25, -0.2) is 0 Å². The van der Waals surface area contributed by atoms with Gasteiger partial charge < -0.3 is 0 Å². The molecule has 0 aliphatic heterocycles. The summed E-state index contributed by atoms with van der Waals surface area (Å²) in [6.07, 6.45) is 0. The average molecular weight is 306 g/mol. The Morgan fingerprint density at radius 3 is 0.917 bits per heavy atom. The first-order valence-electron chi connectivity index (χ1n) is 9.13. The van der Waals surface area contributed by atoms with Crippen molar-refractivity contribution in [3.8, 4) is 0 Å². The molecule has 0 nitrogen and oxygen atoms in total. The molecule has 0 saturated carbocycles. The van der Waals surface area contributed by atoms with Crippen molar-refractivity contribution in [3.63, 3.8) is 0 Å². The summed E-state index contributed by atoms with van der Waals surface area (Å²) in [4.78, 5) is 0. The van der Waals surface area contributed by atoms with Gasteiger partial charge in [0.1, 0.15) is 0 Å². The van der Waals surface area contributed by atoms with Gasteiger partial charge in [0, 0.05) is 0 Å². The van der Waals surface area contributed by atoms with Crippen LogP contribution >= 0.6 is 0 Å². The molecule has 4 aromatic rings. The second-order valence-electron chi connectivity index (χ2n) is 6.03. The van der Waals surface area contributed by atoms with E-state index in [4.69, 9.17) is 2.74 Å². The molecule has 0 N–H and O–H groups in total. The standard InChI is InChI=1S/C24H16/c1-2-10-18-17(9-1)19-11-3-4-13-21(19)23-15-7-8-16-24(23)22-14-6-5-12-20(18)22/h1-16H/i1D,3D. The molecular weight excluding hydrogens is 288 g/mol. The van der Waals surface area contributed by atoms with E-state index in [9.17, 15) is 0 Å². The van der Waals surface area contributed by atoms with Gasteiger partial charge >= 0.3 is 0 Å². The van der Waals surface area contributed by atoms with E-state index in [0.29, 0.717) is 12.1 Å². The highest BCUT2D eigenvalue weighted by Crippen LogP contribution is 2.12. The fourth-order valence-corrected chi connectivity index (χ4v) is 3.68. The molecule has 5 rings (SSSR count). The third-order valence-corrected chi connectivity index (χ3v) is 4.74. The molecule has 4 aromatic carbocycles. The zero-order chi connectivity index (χ0) is 17.7. The molecule has 0 unspecified atom stereocenters. The zero-order valence-electron chi connectivity index (χ0n) is 15.1. The zero-order valence-corrected chi connectivity index (χ0v) is 13.1.